The van der Waals surface area contributed by atoms with Crippen molar-refractivity contribution in [3.63, 3.8) is 0 Å². The molecule has 0 aliphatic carbocycles. The zero-order valence-corrected chi connectivity index (χ0v) is 14.4. The Morgan fingerprint density at radius 1 is 1.04 bits per heavy atom. The van der Waals surface area contributed by atoms with Gasteiger partial charge < -0.3 is 15.2 Å². The van der Waals surface area contributed by atoms with Crippen molar-refractivity contribution in [2.45, 2.75) is 39.0 Å². The van der Waals surface area contributed by atoms with Crippen LogP contribution < -0.4 is 5.32 Å². The van der Waals surface area contributed by atoms with Gasteiger partial charge in [0.05, 0.1) is 25.2 Å². The van der Waals surface area contributed by atoms with Crippen LogP contribution in [0.25, 0.3) is 0 Å². The molecule has 1 unspecified atom stereocenters. The van der Waals surface area contributed by atoms with E-state index in [-0.39, 0.29) is 18.4 Å². The highest BCUT2D eigenvalue weighted by Gasteiger charge is 2.18. The molecule has 0 aliphatic rings. The number of hydrogen-bond donors (Lipinski definition) is 2. The molecular formula is C20H23NO4. The van der Waals surface area contributed by atoms with Crippen LogP contribution in [0.2, 0.25) is 0 Å². The summed E-state index contributed by atoms with van der Waals surface area (Å²) in [4.78, 5) is 23.6. The molecule has 0 aromatic heterocycles. The molecule has 1 atom stereocenters. The predicted molar refractivity (Wildman–Crippen MR) is 95.3 cm³/mol. The highest BCUT2D eigenvalue weighted by Crippen LogP contribution is 2.17. The van der Waals surface area contributed by atoms with Crippen molar-refractivity contribution >= 4 is 11.9 Å². The van der Waals surface area contributed by atoms with Crippen LogP contribution in [0.15, 0.2) is 54.6 Å². The van der Waals surface area contributed by atoms with Gasteiger partial charge in [0.1, 0.15) is 0 Å². The highest BCUT2D eigenvalue weighted by atomic mass is 16.5. The minimum absolute atomic E-state index is 0.144. The Kier molecular flexibility index (Phi) is 6.71. The van der Waals surface area contributed by atoms with E-state index >= 15 is 0 Å². The maximum Gasteiger partial charge on any atom is 0.305 e. The molecule has 0 spiro atoms. The fraction of sp³-hybridized carbons (Fsp3) is 0.300. The largest absolute Gasteiger partial charge is 0.481 e. The average Bonchev–Trinajstić information content (AvgIpc) is 2.60. The predicted octanol–water partition coefficient (Wildman–Crippen LogP) is 3.56. The van der Waals surface area contributed by atoms with Crippen molar-refractivity contribution < 1.29 is 19.4 Å². The van der Waals surface area contributed by atoms with E-state index in [9.17, 15) is 9.59 Å². The standard InChI is InChI=1S/C20H23NO4/c1-14(2)25-13-15-8-10-17(11-9-15)20(24)21-18(12-19(22)23)16-6-4-3-5-7-16/h3-11,14,18H,12-13H2,1-2H3,(H,21,24)(H,22,23). The first kappa shape index (κ1) is 18.7. The summed E-state index contributed by atoms with van der Waals surface area (Å²) in [6, 6.07) is 15.6. The lowest BCUT2D eigenvalue weighted by molar-refractivity contribution is -0.137. The lowest BCUT2D eigenvalue weighted by Gasteiger charge is -2.17. The van der Waals surface area contributed by atoms with E-state index < -0.39 is 12.0 Å². The summed E-state index contributed by atoms with van der Waals surface area (Å²) in [7, 11) is 0. The van der Waals surface area contributed by atoms with Crippen molar-refractivity contribution in [1.29, 1.82) is 0 Å². The van der Waals surface area contributed by atoms with E-state index in [2.05, 4.69) is 5.32 Å². The van der Waals surface area contributed by atoms with Crippen molar-refractivity contribution in [2.75, 3.05) is 0 Å². The smallest absolute Gasteiger partial charge is 0.305 e. The number of ether oxygens (including phenoxy) is 1. The molecule has 25 heavy (non-hydrogen) atoms. The Bertz CT molecular complexity index is 695. The molecule has 5 heteroatoms. The van der Waals surface area contributed by atoms with Gasteiger partial charge >= 0.3 is 5.97 Å². The molecule has 132 valence electrons. The first-order chi connectivity index (χ1) is 12.0. The average molecular weight is 341 g/mol. The number of carbonyl (C=O) groups excluding carboxylic acids is 1. The minimum Gasteiger partial charge on any atom is -0.481 e. The van der Waals surface area contributed by atoms with Crippen molar-refractivity contribution in [2.24, 2.45) is 0 Å². The van der Waals surface area contributed by atoms with E-state index in [0.717, 1.165) is 11.1 Å². The molecule has 5 nitrogen and oxygen atoms in total. The number of hydrogen-bond acceptors (Lipinski definition) is 3. The number of aliphatic carboxylic acids is 1. The van der Waals surface area contributed by atoms with E-state index in [1.165, 1.54) is 0 Å². The zero-order valence-electron chi connectivity index (χ0n) is 14.4. The maximum absolute atomic E-state index is 12.5. The van der Waals surface area contributed by atoms with Gasteiger partial charge in [0, 0.05) is 5.56 Å². The third-order valence-electron chi connectivity index (χ3n) is 3.69. The van der Waals surface area contributed by atoms with Crippen LogP contribution in [-0.2, 0) is 16.1 Å². The molecule has 2 N–H and O–H groups in total. The van der Waals surface area contributed by atoms with Gasteiger partial charge in [-0.3, -0.25) is 9.59 Å². The first-order valence-corrected chi connectivity index (χ1v) is 8.24. The summed E-state index contributed by atoms with van der Waals surface area (Å²) < 4.78 is 5.53. The third kappa shape index (κ3) is 6.04. The van der Waals surface area contributed by atoms with Gasteiger partial charge in [-0.15, -0.1) is 0 Å². The molecule has 0 radical (unpaired) electrons. The SMILES string of the molecule is CC(C)OCc1ccc(C(=O)NC(CC(=O)O)c2ccccc2)cc1. The first-order valence-electron chi connectivity index (χ1n) is 8.24. The molecule has 0 saturated carbocycles. The van der Waals surface area contributed by atoms with Crippen molar-refractivity contribution in [3.8, 4) is 0 Å². The van der Waals surface area contributed by atoms with E-state index in [4.69, 9.17) is 9.84 Å². The number of rotatable bonds is 8. The Labute approximate surface area is 147 Å². The minimum atomic E-state index is -0.963. The Morgan fingerprint density at radius 3 is 2.24 bits per heavy atom. The zero-order chi connectivity index (χ0) is 18.2. The maximum atomic E-state index is 12.5. The van der Waals surface area contributed by atoms with Crippen LogP contribution >= 0.6 is 0 Å². The van der Waals surface area contributed by atoms with Gasteiger partial charge in [0.15, 0.2) is 0 Å². The second-order valence-electron chi connectivity index (χ2n) is 6.09. The number of carboxylic acids is 1. The summed E-state index contributed by atoms with van der Waals surface area (Å²) in [5.74, 6) is -1.26. The van der Waals surface area contributed by atoms with E-state index in [0.29, 0.717) is 12.2 Å². The molecule has 0 bridgehead atoms. The summed E-state index contributed by atoms with van der Waals surface area (Å²) in [5, 5.41) is 11.9. The molecule has 1 amide bonds. The number of carbonyl (C=O) groups is 2. The fourth-order valence-corrected chi connectivity index (χ4v) is 2.37. The van der Waals surface area contributed by atoms with Crippen LogP contribution in [0.3, 0.4) is 0 Å². The number of benzene rings is 2. The lowest BCUT2D eigenvalue weighted by Crippen LogP contribution is -2.30. The van der Waals surface area contributed by atoms with Crippen LogP contribution in [-0.4, -0.2) is 23.1 Å². The number of amides is 1. The monoisotopic (exact) mass is 341 g/mol. The summed E-state index contributed by atoms with van der Waals surface area (Å²) in [6.07, 6.45) is -0.0265. The Hall–Kier alpha value is -2.66. The van der Waals surface area contributed by atoms with Gasteiger partial charge in [-0.2, -0.15) is 0 Å². The van der Waals surface area contributed by atoms with Crippen LogP contribution in [0.5, 0.6) is 0 Å². The quantitative estimate of drug-likeness (QED) is 0.770. The van der Waals surface area contributed by atoms with Crippen LogP contribution in [0.1, 0.15) is 47.8 Å². The molecule has 0 aliphatic heterocycles. The highest BCUT2D eigenvalue weighted by molar-refractivity contribution is 5.94. The van der Waals surface area contributed by atoms with E-state index in [1.807, 2.05) is 44.2 Å². The van der Waals surface area contributed by atoms with E-state index in [1.54, 1.807) is 24.3 Å². The lowest BCUT2D eigenvalue weighted by atomic mass is 10.0. The van der Waals surface area contributed by atoms with Crippen LogP contribution in [0.4, 0.5) is 0 Å². The molecule has 0 fully saturated rings. The van der Waals surface area contributed by atoms with Crippen molar-refractivity contribution in [3.05, 3.63) is 71.3 Å². The third-order valence-corrected chi connectivity index (χ3v) is 3.69. The van der Waals surface area contributed by atoms with Gasteiger partial charge in [-0.25, -0.2) is 0 Å². The molecule has 2 aromatic rings. The second-order valence-corrected chi connectivity index (χ2v) is 6.09. The summed E-state index contributed by atoms with van der Waals surface area (Å²) >= 11 is 0. The molecular weight excluding hydrogens is 318 g/mol. The number of carboxylic acid groups (broad SMARTS) is 1. The normalized spacial score (nSPS) is 12.0. The molecule has 0 saturated heterocycles. The van der Waals surface area contributed by atoms with Gasteiger partial charge in [-0.05, 0) is 37.1 Å². The van der Waals surface area contributed by atoms with Crippen LogP contribution in [0, 0.1) is 0 Å². The second kappa shape index (κ2) is 8.99. The topological polar surface area (TPSA) is 75.6 Å². The fourth-order valence-electron chi connectivity index (χ4n) is 2.37. The summed E-state index contributed by atoms with van der Waals surface area (Å²) in [5.41, 5.74) is 2.23. The van der Waals surface area contributed by atoms with Gasteiger partial charge in [-0.1, -0.05) is 42.5 Å². The Balaban J connectivity index is 2.06. The van der Waals surface area contributed by atoms with Gasteiger partial charge in [0.25, 0.3) is 5.91 Å². The summed E-state index contributed by atoms with van der Waals surface area (Å²) in [6.45, 7) is 4.42. The molecule has 0 heterocycles. The molecule has 2 rings (SSSR count). The molecule has 2 aromatic carbocycles. The van der Waals surface area contributed by atoms with Gasteiger partial charge in [0.2, 0.25) is 0 Å². The Morgan fingerprint density at radius 2 is 1.68 bits per heavy atom. The number of nitrogens with one attached hydrogen (secondary N) is 1. The van der Waals surface area contributed by atoms with Crippen molar-refractivity contribution in [1.82, 2.24) is 5.32 Å².